The third-order valence-corrected chi connectivity index (χ3v) is 2.30. The Morgan fingerprint density at radius 3 is 2.61 bits per heavy atom. The Kier molecular flexibility index (Phi) is 7.24. The molecule has 1 aromatic carbocycles. The maximum atomic E-state index is 11.5. The summed E-state index contributed by atoms with van der Waals surface area (Å²) in [6.45, 7) is 3.58. The highest BCUT2D eigenvalue weighted by atomic mass is 35.5. The lowest BCUT2D eigenvalue weighted by molar-refractivity contribution is -0.116. The molecule has 0 aromatic heterocycles. The van der Waals surface area contributed by atoms with Crippen molar-refractivity contribution in [1.82, 2.24) is 0 Å². The number of benzene rings is 1. The van der Waals surface area contributed by atoms with Crippen LogP contribution in [0.2, 0.25) is 0 Å². The highest BCUT2D eigenvalue weighted by Crippen LogP contribution is 2.12. The van der Waals surface area contributed by atoms with Crippen LogP contribution < -0.4 is 11.1 Å². The number of halogens is 1. The van der Waals surface area contributed by atoms with Gasteiger partial charge in [-0.05, 0) is 19.1 Å². The van der Waals surface area contributed by atoms with E-state index in [1.54, 1.807) is 31.2 Å². The Morgan fingerprint density at radius 1 is 1.39 bits per heavy atom. The number of ketones is 1. The van der Waals surface area contributed by atoms with E-state index in [1.807, 2.05) is 6.92 Å². The number of anilines is 1. The maximum Gasteiger partial charge on any atom is 0.225 e. The van der Waals surface area contributed by atoms with E-state index in [4.69, 9.17) is 5.73 Å². The third kappa shape index (κ3) is 5.29. The molecule has 3 N–H and O–H groups in total. The van der Waals surface area contributed by atoms with Crippen LogP contribution in [0.5, 0.6) is 0 Å². The zero-order valence-electron chi connectivity index (χ0n) is 10.6. The second-order valence-electron chi connectivity index (χ2n) is 4.09. The van der Waals surface area contributed by atoms with Gasteiger partial charge in [0.1, 0.15) is 0 Å². The van der Waals surface area contributed by atoms with Crippen molar-refractivity contribution in [3.63, 3.8) is 0 Å². The molecule has 0 saturated heterocycles. The van der Waals surface area contributed by atoms with Crippen LogP contribution in [0.15, 0.2) is 24.3 Å². The second kappa shape index (κ2) is 7.84. The number of carbonyl (C=O) groups is 2. The number of hydrogen-bond donors (Lipinski definition) is 2. The summed E-state index contributed by atoms with van der Waals surface area (Å²) < 4.78 is 0. The van der Waals surface area contributed by atoms with E-state index in [-0.39, 0.29) is 36.6 Å². The van der Waals surface area contributed by atoms with Crippen LogP contribution in [0.3, 0.4) is 0 Å². The van der Waals surface area contributed by atoms with Crippen molar-refractivity contribution < 1.29 is 9.59 Å². The standard InChI is InChI=1S/C13H18N2O2.ClH/c1-3-12(16)10-5-4-6-11(8-10)15-13(17)7-9(2)14;/h4-6,8-9H,3,7,14H2,1-2H3,(H,15,17);1H. The Balaban J connectivity index is 0.00000289. The molecule has 5 heteroatoms. The molecule has 0 bridgehead atoms. The van der Waals surface area contributed by atoms with Gasteiger partial charge < -0.3 is 11.1 Å². The molecule has 1 rings (SSSR count). The second-order valence-corrected chi connectivity index (χ2v) is 4.09. The van der Waals surface area contributed by atoms with E-state index in [2.05, 4.69) is 5.32 Å². The first kappa shape index (κ1) is 16.6. The fourth-order valence-corrected chi connectivity index (χ4v) is 1.48. The highest BCUT2D eigenvalue weighted by molar-refractivity contribution is 5.98. The quantitative estimate of drug-likeness (QED) is 0.807. The van der Waals surface area contributed by atoms with Crippen LogP contribution in [0.4, 0.5) is 5.69 Å². The Hall–Kier alpha value is -1.39. The van der Waals surface area contributed by atoms with Crippen molar-refractivity contribution in [3.05, 3.63) is 29.8 Å². The summed E-state index contributed by atoms with van der Waals surface area (Å²) in [5.74, 6) is -0.0746. The number of nitrogens with one attached hydrogen (secondary N) is 1. The molecule has 0 aliphatic rings. The van der Waals surface area contributed by atoms with Crippen molar-refractivity contribution in [1.29, 1.82) is 0 Å². The smallest absolute Gasteiger partial charge is 0.225 e. The van der Waals surface area contributed by atoms with Gasteiger partial charge in [0.15, 0.2) is 5.78 Å². The molecular formula is C13H19ClN2O2. The number of nitrogens with two attached hydrogens (primary N) is 1. The molecule has 0 aliphatic heterocycles. The number of Topliss-reactive ketones (excluding diaryl/α,β-unsaturated/α-hetero) is 1. The van der Waals surface area contributed by atoms with Gasteiger partial charge in [-0.2, -0.15) is 0 Å². The van der Waals surface area contributed by atoms with E-state index < -0.39 is 0 Å². The lowest BCUT2D eigenvalue weighted by Gasteiger charge is -2.08. The lowest BCUT2D eigenvalue weighted by Crippen LogP contribution is -2.24. The summed E-state index contributed by atoms with van der Waals surface area (Å²) in [5, 5.41) is 2.72. The number of amides is 1. The van der Waals surface area contributed by atoms with E-state index in [9.17, 15) is 9.59 Å². The van der Waals surface area contributed by atoms with Crippen molar-refractivity contribution in [2.75, 3.05) is 5.32 Å². The predicted octanol–water partition coefficient (Wildman–Crippen LogP) is 2.38. The number of carbonyl (C=O) groups excluding carboxylic acids is 2. The molecule has 0 fully saturated rings. The fourth-order valence-electron chi connectivity index (χ4n) is 1.48. The zero-order valence-corrected chi connectivity index (χ0v) is 11.4. The molecule has 100 valence electrons. The van der Waals surface area contributed by atoms with Crippen LogP contribution in [-0.2, 0) is 4.79 Å². The fraction of sp³-hybridized carbons (Fsp3) is 0.385. The van der Waals surface area contributed by atoms with E-state index in [0.717, 1.165) is 0 Å². The summed E-state index contributed by atoms with van der Waals surface area (Å²) >= 11 is 0. The third-order valence-electron chi connectivity index (χ3n) is 2.30. The number of hydrogen-bond acceptors (Lipinski definition) is 3. The minimum atomic E-state index is -0.171. The summed E-state index contributed by atoms with van der Waals surface area (Å²) in [7, 11) is 0. The van der Waals surface area contributed by atoms with Gasteiger partial charge >= 0.3 is 0 Å². The summed E-state index contributed by atoms with van der Waals surface area (Å²) in [6, 6.07) is 6.77. The molecule has 0 spiro atoms. The molecule has 0 aliphatic carbocycles. The molecule has 0 saturated carbocycles. The van der Waals surface area contributed by atoms with Crippen LogP contribution in [0.25, 0.3) is 0 Å². The maximum absolute atomic E-state index is 11.5. The van der Waals surface area contributed by atoms with Crippen LogP contribution in [-0.4, -0.2) is 17.7 Å². The molecule has 0 heterocycles. The molecular weight excluding hydrogens is 252 g/mol. The van der Waals surface area contributed by atoms with Crippen LogP contribution in [0, 0.1) is 0 Å². The number of rotatable bonds is 5. The molecule has 4 nitrogen and oxygen atoms in total. The first-order valence-corrected chi connectivity index (χ1v) is 5.71. The lowest BCUT2D eigenvalue weighted by atomic mass is 10.1. The largest absolute Gasteiger partial charge is 0.327 e. The zero-order chi connectivity index (χ0) is 12.8. The molecule has 0 radical (unpaired) electrons. The molecule has 1 aromatic rings. The molecule has 18 heavy (non-hydrogen) atoms. The van der Waals surface area contributed by atoms with E-state index >= 15 is 0 Å². The monoisotopic (exact) mass is 270 g/mol. The first-order chi connectivity index (χ1) is 8.02. The predicted molar refractivity (Wildman–Crippen MR) is 75.2 cm³/mol. The normalized spacial score (nSPS) is 11.3. The van der Waals surface area contributed by atoms with Crippen LogP contribution in [0.1, 0.15) is 37.0 Å². The average Bonchev–Trinajstić information content (AvgIpc) is 2.27. The average molecular weight is 271 g/mol. The first-order valence-electron chi connectivity index (χ1n) is 5.71. The van der Waals surface area contributed by atoms with Gasteiger partial charge in [0, 0.05) is 30.1 Å². The highest BCUT2D eigenvalue weighted by Gasteiger charge is 2.07. The van der Waals surface area contributed by atoms with Crippen molar-refractivity contribution in [2.45, 2.75) is 32.7 Å². The van der Waals surface area contributed by atoms with Gasteiger partial charge in [0.25, 0.3) is 0 Å². The summed E-state index contributed by atoms with van der Waals surface area (Å²) in [6.07, 6.45) is 0.725. The van der Waals surface area contributed by atoms with Gasteiger partial charge in [-0.15, -0.1) is 12.4 Å². The van der Waals surface area contributed by atoms with Crippen LogP contribution >= 0.6 is 12.4 Å². The minimum absolute atomic E-state index is 0. The van der Waals surface area contributed by atoms with Gasteiger partial charge in [-0.25, -0.2) is 0 Å². The minimum Gasteiger partial charge on any atom is -0.327 e. The Morgan fingerprint density at radius 2 is 2.06 bits per heavy atom. The van der Waals surface area contributed by atoms with E-state index in [0.29, 0.717) is 17.7 Å². The SMILES string of the molecule is CCC(=O)c1cccc(NC(=O)CC(C)N)c1.Cl. The Bertz CT molecular complexity index is 419. The van der Waals surface area contributed by atoms with Gasteiger partial charge in [-0.1, -0.05) is 19.1 Å². The van der Waals surface area contributed by atoms with E-state index in [1.165, 1.54) is 0 Å². The van der Waals surface area contributed by atoms with Crippen molar-refractivity contribution >= 4 is 29.8 Å². The van der Waals surface area contributed by atoms with Gasteiger partial charge in [0.05, 0.1) is 0 Å². The summed E-state index contributed by atoms with van der Waals surface area (Å²) in [5.41, 5.74) is 6.78. The molecule has 1 amide bonds. The van der Waals surface area contributed by atoms with Gasteiger partial charge in [-0.3, -0.25) is 9.59 Å². The van der Waals surface area contributed by atoms with Crippen molar-refractivity contribution in [2.24, 2.45) is 5.73 Å². The topological polar surface area (TPSA) is 72.2 Å². The molecule has 1 unspecified atom stereocenters. The van der Waals surface area contributed by atoms with Crippen molar-refractivity contribution in [3.8, 4) is 0 Å². The summed E-state index contributed by atoms with van der Waals surface area (Å²) in [4.78, 5) is 23.0. The Labute approximate surface area is 113 Å². The van der Waals surface area contributed by atoms with Gasteiger partial charge in [0.2, 0.25) is 5.91 Å². The molecule has 1 atom stereocenters.